The molecule has 0 radical (unpaired) electrons. The number of nitrogen functional groups attached to an aromatic ring is 4. The van der Waals surface area contributed by atoms with Gasteiger partial charge in [0, 0.05) is 11.1 Å². The fourth-order valence-corrected chi connectivity index (χ4v) is 2.76. The van der Waals surface area contributed by atoms with E-state index in [9.17, 15) is 0 Å². The highest BCUT2D eigenvalue weighted by atomic mass is 15.1. The number of aromatic nitrogens is 6. The lowest BCUT2D eigenvalue weighted by Gasteiger charge is -2.03. The lowest BCUT2D eigenvalue weighted by atomic mass is 10.1. The van der Waals surface area contributed by atoms with Gasteiger partial charge in [-0.2, -0.15) is 29.9 Å². The topological polar surface area (TPSA) is 181 Å². The molecule has 0 bridgehead atoms. The van der Waals surface area contributed by atoms with E-state index in [0.717, 1.165) is 22.3 Å². The van der Waals surface area contributed by atoms with Crippen molar-refractivity contribution in [2.24, 2.45) is 0 Å². The Kier molecular flexibility index (Phi) is 4.87. The minimum absolute atomic E-state index is 0.0902. The average Bonchev–Trinajstić information content (AvgIpc) is 2.71. The summed E-state index contributed by atoms with van der Waals surface area (Å²) >= 11 is 0. The van der Waals surface area contributed by atoms with Crippen molar-refractivity contribution in [2.75, 3.05) is 22.9 Å². The summed E-state index contributed by atoms with van der Waals surface area (Å²) in [6, 6.07) is 15.4. The first kappa shape index (κ1) is 18.7. The summed E-state index contributed by atoms with van der Waals surface area (Å²) < 4.78 is 0. The Bertz CT molecular complexity index is 1080. The summed E-state index contributed by atoms with van der Waals surface area (Å²) in [6.07, 6.45) is 3.99. The first-order valence-electron chi connectivity index (χ1n) is 8.89. The number of nitrogens with two attached hydrogens (primary N) is 4. The van der Waals surface area contributed by atoms with Gasteiger partial charge in [-0.05, 0) is 11.1 Å². The normalized spacial score (nSPS) is 11.1. The SMILES string of the molecule is Nc1nc(N)nc(-c2ccc(/C=C/c3ccc(-c4nc(N)nc(N)n4)cc3)cc2)n1. The summed E-state index contributed by atoms with van der Waals surface area (Å²) in [6.45, 7) is 0. The third-order valence-electron chi connectivity index (χ3n) is 4.15. The van der Waals surface area contributed by atoms with Gasteiger partial charge in [0.2, 0.25) is 23.8 Å². The minimum Gasteiger partial charge on any atom is -0.368 e. The van der Waals surface area contributed by atoms with Gasteiger partial charge < -0.3 is 22.9 Å². The van der Waals surface area contributed by atoms with E-state index in [4.69, 9.17) is 22.9 Å². The zero-order chi connectivity index (χ0) is 21.1. The quantitative estimate of drug-likeness (QED) is 0.370. The Hall–Kier alpha value is -4.60. The van der Waals surface area contributed by atoms with Crippen molar-refractivity contribution >= 4 is 35.9 Å². The van der Waals surface area contributed by atoms with E-state index in [1.54, 1.807) is 0 Å². The minimum atomic E-state index is 0.0902. The molecule has 4 aromatic rings. The van der Waals surface area contributed by atoms with Gasteiger partial charge in [-0.15, -0.1) is 0 Å². The van der Waals surface area contributed by atoms with Gasteiger partial charge in [-0.1, -0.05) is 60.7 Å². The van der Waals surface area contributed by atoms with Crippen LogP contribution in [0.3, 0.4) is 0 Å². The second-order valence-electron chi connectivity index (χ2n) is 6.33. The van der Waals surface area contributed by atoms with Crippen LogP contribution in [0.2, 0.25) is 0 Å². The molecule has 0 atom stereocenters. The summed E-state index contributed by atoms with van der Waals surface area (Å²) in [4.78, 5) is 23.9. The zero-order valence-electron chi connectivity index (χ0n) is 15.8. The Balaban J connectivity index is 1.49. The van der Waals surface area contributed by atoms with Crippen molar-refractivity contribution in [1.82, 2.24) is 29.9 Å². The maximum Gasteiger partial charge on any atom is 0.225 e. The van der Waals surface area contributed by atoms with Gasteiger partial charge in [0.05, 0.1) is 0 Å². The van der Waals surface area contributed by atoms with E-state index < -0.39 is 0 Å². The van der Waals surface area contributed by atoms with E-state index in [0.29, 0.717) is 11.6 Å². The Morgan fingerprint density at radius 2 is 0.733 bits per heavy atom. The van der Waals surface area contributed by atoms with E-state index in [1.807, 2.05) is 60.7 Å². The highest BCUT2D eigenvalue weighted by Gasteiger charge is 2.06. The predicted octanol–water partition coefficient (Wildman–Crippen LogP) is 1.89. The summed E-state index contributed by atoms with van der Waals surface area (Å²) in [7, 11) is 0. The molecule has 10 heteroatoms. The molecule has 4 rings (SSSR count). The number of anilines is 4. The Morgan fingerprint density at radius 3 is 1.03 bits per heavy atom. The third-order valence-corrected chi connectivity index (χ3v) is 4.15. The van der Waals surface area contributed by atoms with Crippen LogP contribution in [0.1, 0.15) is 11.1 Å². The van der Waals surface area contributed by atoms with Crippen molar-refractivity contribution in [3.05, 3.63) is 59.7 Å². The molecule has 0 unspecified atom stereocenters. The molecule has 0 saturated carbocycles. The summed E-state index contributed by atoms with van der Waals surface area (Å²) in [5.41, 5.74) is 26.1. The molecule has 2 aromatic carbocycles. The molecule has 0 saturated heterocycles. The van der Waals surface area contributed by atoms with E-state index in [1.165, 1.54) is 0 Å². The highest BCUT2D eigenvalue weighted by molar-refractivity contribution is 5.72. The van der Waals surface area contributed by atoms with Crippen molar-refractivity contribution in [1.29, 1.82) is 0 Å². The Morgan fingerprint density at radius 1 is 0.433 bits per heavy atom. The molecule has 8 N–H and O–H groups in total. The van der Waals surface area contributed by atoms with E-state index in [2.05, 4.69) is 29.9 Å². The predicted molar refractivity (Wildman–Crippen MR) is 117 cm³/mol. The second-order valence-corrected chi connectivity index (χ2v) is 6.33. The van der Waals surface area contributed by atoms with Crippen LogP contribution in [0.25, 0.3) is 34.9 Å². The fraction of sp³-hybridized carbons (Fsp3) is 0. The third kappa shape index (κ3) is 4.28. The summed E-state index contributed by atoms with van der Waals surface area (Å²) in [5.74, 6) is 1.23. The van der Waals surface area contributed by atoms with Crippen LogP contribution in [0.5, 0.6) is 0 Å². The van der Waals surface area contributed by atoms with Crippen LogP contribution in [0.4, 0.5) is 23.8 Å². The molecule has 2 aromatic heterocycles. The van der Waals surface area contributed by atoms with Crippen LogP contribution < -0.4 is 22.9 Å². The molecule has 0 aliphatic rings. The van der Waals surface area contributed by atoms with Crippen molar-refractivity contribution < 1.29 is 0 Å². The molecule has 0 fully saturated rings. The van der Waals surface area contributed by atoms with Crippen molar-refractivity contribution in [3.8, 4) is 22.8 Å². The van der Waals surface area contributed by atoms with Gasteiger partial charge in [0.25, 0.3) is 0 Å². The number of hydrogen-bond donors (Lipinski definition) is 4. The van der Waals surface area contributed by atoms with Gasteiger partial charge in [0.15, 0.2) is 11.6 Å². The number of hydrogen-bond acceptors (Lipinski definition) is 10. The molecule has 2 heterocycles. The van der Waals surface area contributed by atoms with Gasteiger partial charge in [-0.25, -0.2) is 0 Å². The molecule has 0 aliphatic carbocycles. The van der Waals surface area contributed by atoms with Gasteiger partial charge in [-0.3, -0.25) is 0 Å². The van der Waals surface area contributed by atoms with Gasteiger partial charge in [0.1, 0.15) is 0 Å². The number of benzene rings is 2. The van der Waals surface area contributed by atoms with Crippen LogP contribution in [-0.4, -0.2) is 29.9 Å². The zero-order valence-corrected chi connectivity index (χ0v) is 15.8. The molecular weight excluding hydrogens is 380 g/mol. The standard InChI is InChI=1S/C20H18N10/c21-17-25-15(26-18(22)29-17)13-7-3-11(4-8-13)1-2-12-5-9-14(10-6-12)16-27-19(23)30-20(24)28-16/h1-10H,(H4,21,22,25,26,29)(H4,23,24,27,28,30)/b2-1+. The lowest BCUT2D eigenvalue weighted by molar-refractivity contribution is 1.09. The monoisotopic (exact) mass is 398 g/mol. The largest absolute Gasteiger partial charge is 0.368 e. The van der Waals surface area contributed by atoms with Crippen LogP contribution in [0.15, 0.2) is 48.5 Å². The van der Waals surface area contributed by atoms with Crippen LogP contribution >= 0.6 is 0 Å². The molecule has 30 heavy (non-hydrogen) atoms. The van der Waals surface area contributed by atoms with Crippen molar-refractivity contribution in [3.63, 3.8) is 0 Å². The van der Waals surface area contributed by atoms with Crippen LogP contribution in [0, 0.1) is 0 Å². The number of nitrogens with zero attached hydrogens (tertiary/aromatic N) is 6. The smallest absolute Gasteiger partial charge is 0.225 e. The first-order valence-corrected chi connectivity index (χ1v) is 8.89. The number of rotatable bonds is 4. The van der Waals surface area contributed by atoms with E-state index in [-0.39, 0.29) is 23.8 Å². The lowest BCUT2D eigenvalue weighted by Crippen LogP contribution is -2.04. The molecule has 0 amide bonds. The molecular formula is C20H18N10. The second kappa shape index (κ2) is 7.80. The first-order chi connectivity index (χ1) is 14.5. The maximum absolute atomic E-state index is 5.62. The molecule has 0 spiro atoms. The van der Waals surface area contributed by atoms with Gasteiger partial charge >= 0.3 is 0 Å². The Labute approximate surface area is 171 Å². The maximum atomic E-state index is 5.62. The summed E-state index contributed by atoms with van der Waals surface area (Å²) in [5, 5.41) is 0. The molecule has 10 nitrogen and oxygen atoms in total. The highest BCUT2D eigenvalue weighted by Crippen LogP contribution is 2.20. The van der Waals surface area contributed by atoms with Crippen molar-refractivity contribution in [2.45, 2.75) is 0 Å². The molecule has 0 aliphatic heterocycles. The molecule has 148 valence electrons. The average molecular weight is 398 g/mol. The van der Waals surface area contributed by atoms with Crippen LogP contribution in [-0.2, 0) is 0 Å². The fourth-order valence-electron chi connectivity index (χ4n) is 2.76. The van der Waals surface area contributed by atoms with E-state index >= 15 is 0 Å².